The van der Waals surface area contributed by atoms with Gasteiger partial charge >= 0.3 is 5.76 Å². The zero-order chi connectivity index (χ0) is 24.6. The Hall–Kier alpha value is -3.22. The molecule has 1 atom stereocenters. The molecule has 2 heterocycles. The summed E-state index contributed by atoms with van der Waals surface area (Å²) in [5.41, 5.74) is 1.30. The third-order valence-electron chi connectivity index (χ3n) is 5.22. The van der Waals surface area contributed by atoms with Gasteiger partial charge in [0.15, 0.2) is 10.7 Å². The molecule has 0 radical (unpaired) electrons. The van der Waals surface area contributed by atoms with Crippen molar-refractivity contribution in [2.75, 3.05) is 12.4 Å². The molecule has 0 saturated heterocycles. The Labute approximate surface area is 199 Å². The molecule has 34 heavy (non-hydrogen) atoms. The first-order valence-electron chi connectivity index (χ1n) is 10.4. The molecule has 12 heteroatoms. The number of nitrogens with zero attached hydrogens (tertiary/aromatic N) is 2. The van der Waals surface area contributed by atoms with Gasteiger partial charge in [0.25, 0.3) is 0 Å². The summed E-state index contributed by atoms with van der Waals surface area (Å²) >= 11 is 1.27. The van der Waals surface area contributed by atoms with Gasteiger partial charge in [-0.05, 0) is 42.7 Å². The quantitative estimate of drug-likeness (QED) is 0.377. The minimum atomic E-state index is -4.09. The summed E-state index contributed by atoms with van der Waals surface area (Å²) in [5, 5.41) is 3.08. The van der Waals surface area contributed by atoms with Gasteiger partial charge in [-0.15, -0.1) is 0 Å². The van der Waals surface area contributed by atoms with Crippen LogP contribution in [0, 0.1) is 5.92 Å². The number of carbonyl (C=O) groups is 1. The molecule has 2 aromatic carbocycles. The van der Waals surface area contributed by atoms with Crippen LogP contribution in [0.25, 0.3) is 21.3 Å². The summed E-state index contributed by atoms with van der Waals surface area (Å²) in [4.78, 5) is 29.1. The summed E-state index contributed by atoms with van der Waals surface area (Å²) in [7, 11) is -0.991. The molecule has 1 unspecified atom stereocenters. The van der Waals surface area contributed by atoms with Crippen molar-refractivity contribution < 1.29 is 22.4 Å². The second-order valence-electron chi connectivity index (χ2n) is 8.20. The standard InChI is InChI=1S/C22H24N4O6S2/c1-12(2)9-16(20(27)24-21-23-15-7-5-13(31-4)10-19(15)33-21)25-34(29,30)14-6-8-17-18(11-14)32-22(28)26(17)3/h5-8,10-12,16,25H,9H2,1-4H3,(H,23,24,27). The number of nitrogens with one attached hydrogen (secondary N) is 2. The van der Waals surface area contributed by atoms with Gasteiger partial charge in [0.1, 0.15) is 11.8 Å². The number of aromatic nitrogens is 2. The Kier molecular flexibility index (Phi) is 6.47. The number of carbonyl (C=O) groups excluding carboxylic acids is 1. The minimum Gasteiger partial charge on any atom is -0.497 e. The van der Waals surface area contributed by atoms with Crippen molar-refractivity contribution in [2.24, 2.45) is 13.0 Å². The fourth-order valence-corrected chi connectivity index (χ4v) is 5.62. The van der Waals surface area contributed by atoms with E-state index in [1.54, 1.807) is 19.2 Å². The molecule has 1 amide bonds. The normalized spacial score (nSPS) is 13.0. The Morgan fingerprint density at radius 1 is 1.24 bits per heavy atom. The number of hydrogen-bond acceptors (Lipinski definition) is 8. The van der Waals surface area contributed by atoms with Gasteiger partial charge in [0, 0.05) is 13.1 Å². The number of thiazole rings is 1. The van der Waals surface area contributed by atoms with Gasteiger partial charge in [0.2, 0.25) is 15.9 Å². The van der Waals surface area contributed by atoms with Crippen LogP contribution < -0.4 is 20.5 Å². The molecule has 4 aromatic rings. The lowest BCUT2D eigenvalue weighted by Gasteiger charge is -2.19. The number of methoxy groups -OCH3 is 1. The van der Waals surface area contributed by atoms with Crippen LogP contribution in [0.1, 0.15) is 20.3 Å². The number of hydrogen-bond donors (Lipinski definition) is 2. The van der Waals surface area contributed by atoms with E-state index in [9.17, 15) is 18.0 Å². The second kappa shape index (κ2) is 9.20. The maximum Gasteiger partial charge on any atom is 0.419 e. The maximum absolute atomic E-state index is 13.1. The SMILES string of the molecule is COc1ccc2nc(NC(=O)C(CC(C)C)NS(=O)(=O)c3ccc4c(c3)oc(=O)n4C)sc2c1. The van der Waals surface area contributed by atoms with Crippen LogP contribution in [0.2, 0.25) is 0 Å². The number of aryl methyl sites for hydroxylation is 1. The molecule has 10 nitrogen and oxygen atoms in total. The van der Waals surface area contributed by atoms with Crippen molar-refractivity contribution in [3.8, 4) is 5.75 Å². The first-order valence-corrected chi connectivity index (χ1v) is 12.7. The number of amides is 1. The highest BCUT2D eigenvalue weighted by Crippen LogP contribution is 2.29. The molecule has 0 fully saturated rings. The molecule has 0 aliphatic rings. The molecule has 2 aromatic heterocycles. The predicted molar refractivity (Wildman–Crippen MR) is 130 cm³/mol. The van der Waals surface area contributed by atoms with Crippen molar-refractivity contribution in [3.05, 3.63) is 46.9 Å². The number of ether oxygens (including phenoxy) is 1. The number of sulfonamides is 1. The summed E-state index contributed by atoms with van der Waals surface area (Å²) in [6.45, 7) is 3.78. The third kappa shape index (κ3) is 4.83. The van der Waals surface area contributed by atoms with E-state index in [0.29, 0.717) is 21.9 Å². The zero-order valence-electron chi connectivity index (χ0n) is 19.0. The largest absolute Gasteiger partial charge is 0.497 e. The Bertz CT molecular complexity index is 1530. The van der Waals surface area contributed by atoms with E-state index in [4.69, 9.17) is 9.15 Å². The van der Waals surface area contributed by atoms with Crippen LogP contribution >= 0.6 is 11.3 Å². The fraction of sp³-hybridized carbons (Fsp3) is 0.318. The number of oxazole rings is 1. The molecular weight excluding hydrogens is 480 g/mol. The number of benzene rings is 2. The van der Waals surface area contributed by atoms with Crippen molar-refractivity contribution in [1.82, 2.24) is 14.3 Å². The van der Waals surface area contributed by atoms with Crippen molar-refractivity contribution in [3.63, 3.8) is 0 Å². The van der Waals surface area contributed by atoms with Gasteiger partial charge in [0.05, 0.1) is 27.7 Å². The van der Waals surface area contributed by atoms with Gasteiger partial charge in [-0.1, -0.05) is 25.2 Å². The van der Waals surface area contributed by atoms with Crippen LogP contribution in [-0.2, 0) is 21.9 Å². The van der Waals surface area contributed by atoms with E-state index >= 15 is 0 Å². The van der Waals surface area contributed by atoms with Gasteiger partial charge in [-0.3, -0.25) is 9.36 Å². The molecule has 0 aliphatic heterocycles. The number of fused-ring (bicyclic) bond motifs is 2. The highest BCUT2D eigenvalue weighted by atomic mass is 32.2. The summed E-state index contributed by atoms with van der Waals surface area (Å²) in [6.07, 6.45) is 0.270. The smallest absolute Gasteiger partial charge is 0.419 e. The zero-order valence-corrected chi connectivity index (χ0v) is 20.6. The van der Waals surface area contributed by atoms with Gasteiger partial charge in [-0.25, -0.2) is 18.2 Å². The molecule has 0 bridgehead atoms. The summed E-state index contributed by atoms with van der Waals surface area (Å²) < 4.78 is 41.1. The van der Waals surface area contributed by atoms with Crippen molar-refractivity contribution >= 4 is 53.7 Å². The van der Waals surface area contributed by atoms with Crippen LogP contribution in [0.15, 0.2) is 50.5 Å². The first-order chi connectivity index (χ1) is 16.1. The lowest BCUT2D eigenvalue weighted by molar-refractivity contribution is -0.118. The average molecular weight is 505 g/mol. The highest BCUT2D eigenvalue weighted by molar-refractivity contribution is 7.89. The average Bonchev–Trinajstić information content (AvgIpc) is 3.31. The van der Waals surface area contributed by atoms with Crippen LogP contribution in [0.5, 0.6) is 5.75 Å². The van der Waals surface area contributed by atoms with Crippen LogP contribution in [0.4, 0.5) is 5.13 Å². The van der Waals surface area contributed by atoms with Gasteiger partial charge in [-0.2, -0.15) is 4.72 Å². The molecule has 0 saturated carbocycles. The monoisotopic (exact) mass is 504 g/mol. The lowest BCUT2D eigenvalue weighted by Crippen LogP contribution is -2.44. The third-order valence-corrected chi connectivity index (χ3v) is 7.62. The fourth-order valence-electron chi connectivity index (χ4n) is 3.49. The second-order valence-corrected chi connectivity index (χ2v) is 10.9. The van der Waals surface area contributed by atoms with E-state index in [1.807, 2.05) is 19.9 Å². The summed E-state index contributed by atoms with van der Waals surface area (Å²) in [5.74, 6) is -0.406. The summed E-state index contributed by atoms with van der Waals surface area (Å²) in [6, 6.07) is 8.46. The van der Waals surface area contributed by atoms with E-state index in [0.717, 1.165) is 4.70 Å². The van der Waals surface area contributed by atoms with Crippen LogP contribution in [-0.4, -0.2) is 37.0 Å². The van der Waals surface area contributed by atoms with E-state index in [1.165, 1.54) is 41.2 Å². The molecule has 0 spiro atoms. The van der Waals surface area contributed by atoms with Gasteiger partial charge < -0.3 is 14.5 Å². The lowest BCUT2D eigenvalue weighted by atomic mass is 10.0. The molecule has 0 aliphatic carbocycles. The van der Waals surface area contributed by atoms with Crippen molar-refractivity contribution in [2.45, 2.75) is 31.2 Å². The number of anilines is 1. The van der Waals surface area contributed by atoms with E-state index in [2.05, 4.69) is 15.0 Å². The minimum absolute atomic E-state index is 0.0349. The highest BCUT2D eigenvalue weighted by Gasteiger charge is 2.28. The Balaban J connectivity index is 1.58. The Morgan fingerprint density at radius 3 is 2.71 bits per heavy atom. The molecule has 180 valence electrons. The Morgan fingerprint density at radius 2 is 2.00 bits per heavy atom. The molecular formula is C22H24N4O6S2. The van der Waals surface area contributed by atoms with E-state index < -0.39 is 27.7 Å². The topological polar surface area (TPSA) is 133 Å². The van der Waals surface area contributed by atoms with E-state index in [-0.39, 0.29) is 22.8 Å². The van der Waals surface area contributed by atoms with Crippen LogP contribution in [0.3, 0.4) is 0 Å². The predicted octanol–water partition coefficient (Wildman–Crippen LogP) is 3.08. The number of rotatable bonds is 8. The molecule has 4 rings (SSSR count). The van der Waals surface area contributed by atoms with Crippen molar-refractivity contribution in [1.29, 1.82) is 0 Å². The molecule has 2 N–H and O–H groups in total. The first kappa shape index (κ1) is 23.9. The maximum atomic E-state index is 13.1.